The van der Waals surface area contributed by atoms with Crippen molar-refractivity contribution in [2.45, 2.75) is 37.8 Å². The number of amides is 2. The Hall–Kier alpha value is -2.73. The minimum absolute atomic E-state index is 0.0211. The molecular formula is C24H28FN3O2. The van der Waals surface area contributed by atoms with Crippen molar-refractivity contribution in [1.82, 2.24) is 15.1 Å². The topological polar surface area (TPSA) is 52.7 Å². The second-order valence-electron chi connectivity index (χ2n) is 8.18. The summed E-state index contributed by atoms with van der Waals surface area (Å²) in [5.74, 6) is 0.0959. The van der Waals surface area contributed by atoms with Crippen LogP contribution in [0, 0.1) is 5.82 Å². The van der Waals surface area contributed by atoms with Gasteiger partial charge in [-0.1, -0.05) is 42.5 Å². The Morgan fingerprint density at radius 2 is 1.80 bits per heavy atom. The van der Waals surface area contributed by atoms with Crippen LogP contribution < -0.4 is 5.32 Å². The zero-order valence-corrected chi connectivity index (χ0v) is 17.1. The molecule has 2 amide bonds. The van der Waals surface area contributed by atoms with Crippen molar-refractivity contribution in [3.63, 3.8) is 0 Å². The molecule has 2 aromatic rings. The van der Waals surface area contributed by atoms with E-state index in [-0.39, 0.29) is 24.1 Å². The summed E-state index contributed by atoms with van der Waals surface area (Å²) in [5, 5.41) is 2.87. The van der Waals surface area contributed by atoms with Crippen molar-refractivity contribution in [2.24, 2.45) is 0 Å². The number of hydrogen-bond acceptors (Lipinski definition) is 3. The summed E-state index contributed by atoms with van der Waals surface area (Å²) < 4.78 is 13.5. The Kier molecular flexibility index (Phi) is 6.43. The van der Waals surface area contributed by atoms with Crippen molar-refractivity contribution < 1.29 is 14.0 Å². The van der Waals surface area contributed by atoms with E-state index in [1.54, 1.807) is 6.07 Å². The predicted octanol–water partition coefficient (Wildman–Crippen LogP) is 2.92. The van der Waals surface area contributed by atoms with Gasteiger partial charge in [0.15, 0.2) is 0 Å². The number of carbonyl (C=O) groups is 2. The molecule has 0 aromatic heterocycles. The largest absolute Gasteiger partial charge is 0.353 e. The number of likely N-dealkylation sites (tertiary alicyclic amines) is 1. The lowest BCUT2D eigenvalue weighted by Gasteiger charge is -2.37. The van der Waals surface area contributed by atoms with Crippen LogP contribution in [0.15, 0.2) is 54.6 Å². The van der Waals surface area contributed by atoms with Gasteiger partial charge in [-0.2, -0.15) is 0 Å². The van der Waals surface area contributed by atoms with Crippen molar-refractivity contribution >= 4 is 11.8 Å². The van der Waals surface area contributed by atoms with E-state index in [9.17, 15) is 14.0 Å². The van der Waals surface area contributed by atoms with Gasteiger partial charge in [-0.15, -0.1) is 0 Å². The van der Waals surface area contributed by atoms with E-state index in [0.717, 1.165) is 31.5 Å². The summed E-state index contributed by atoms with van der Waals surface area (Å²) in [6, 6.07) is 16.3. The van der Waals surface area contributed by atoms with Gasteiger partial charge < -0.3 is 10.2 Å². The third kappa shape index (κ3) is 4.87. The highest BCUT2D eigenvalue weighted by Gasteiger charge is 2.34. The monoisotopic (exact) mass is 409 g/mol. The minimum atomic E-state index is -0.513. The van der Waals surface area contributed by atoms with Gasteiger partial charge in [-0.25, -0.2) is 4.39 Å². The maximum atomic E-state index is 13.5. The molecule has 0 unspecified atom stereocenters. The van der Waals surface area contributed by atoms with E-state index in [4.69, 9.17) is 0 Å². The van der Waals surface area contributed by atoms with Crippen molar-refractivity contribution in [2.75, 3.05) is 26.2 Å². The Morgan fingerprint density at radius 1 is 1.03 bits per heavy atom. The molecule has 0 bridgehead atoms. The van der Waals surface area contributed by atoms with E-state index >= 15 is 0 Å². The summed E-state index contributed by atoms with van der Waals surface area (Å²) >= 11 is 0. The Balaban J connectivity index is 1.36. The fourth-order valence-electron chi connectivity index (χ4n) is 4.52. The van der Waals surface area contributed by atoms with Gasteiger partial charge in [-0.3, -0.25) is 14.5 Å². The second kappa shape index (κ2) is 9.39. The first-order valence-corrected chi connectivity index (χ1v) is 10.7. The molecule has 2 fully saturated rings. The number of benzene rings is 2. The van der Waals surface area contributed by atoms with Gasteiger partial charge in [0, 0.05) is 32.7 Å². The first-order valence-electron chi connectivity index (χ1n) is 10.7. The van der Waals surface area contributed by atoms with Crippen LogP contribution in [0.2, 0.25) is 0 Å². The lowest BCUT2D eigenvalue weighted by molar-refractivity contribution is -0.139. The maximum absolute atomic E-state index is 13.5. The molecule has 2 aliphatic heterocycles. The smallest absolute Gasteiger partial charge is 0.237 e. The van der Waals surface area contributed by atoms with E-state index < -0.39 is 6.04 Å². The standard InChI is InChI=1S/C24H28FN3O2/c25-21-8-4-5-18(15-21)17-28-14-11-26-24(30)22(28)16-23(29)27-12-9-20(10-13-27)19-6-2-1-3-7-19/h1-8,15,20,22H,9-14,16-17H2,(H,26,30)/t22-/m1/s1. The van der Waals surface area contributed by atoms with Crippen LogP contribution in [0.5, 0.6) is 0 Å². The molecule has 0 spiro atoms. The van der Waals surface area contributed by atoms with Gasteiger partial charge in [-0.05, 0) is 42.0 Å². The number of piperidine rings is 1. The molecule has 2 saturated heterocycles. The second-order valence-corrected chi connectivity index (χ2v) is 8.18. The summed E-state index contributed by atoms with van der Waals surface area (Å²) in [4.78, 5) is 29.4. The molecule has 4 rings (SSSR count). The molecule has 2 heterocycles. The first-order chi connectivity index (χ1) is 14.6. The fraction of sp³-hybridized carbons (Fsp3) is 0.417. The number of nitrogens with zero attached hydrogens (tertiary/aromatic N) is 2. The molecule has 2 aliphatic rings. The maximum Gasteiger partial charge on any atom is 0.237 e. The van der Waals surface area contributed by atoms with Gasteiger partial charge in [0.1, 0.15) is 5.82 Å². The third-order valence-electron chi connectivity index (χ3n) is 6.20. The van der Waals surface area contributed by atoms with Crippen molar-refractivity contribution in [3.05, 3.63) is 71.5 Å². The van der Waals surface area contributed by atoms with Gasteiger partial charge in [0.05, 0.1) is 12.5 Å². The molecule has 2 aromatic carbocycles. The molecule has 158 valence electrons. The molecule has 0 aliphatic carbocycles. The number of nitrogens with one attached hydrogen (secondary N) is 1. The Bertz CT molecular complexity index is 881. The van der Waals surface area contributed by atoms with E-state index in [1.165, 1.54) is 17.7 Å². The van der Waals surface area contributed by atoms with Crippen LogP contribution in [0.4, 0.5) is 4.39 Å². The van der Waals surface area contributed by atoms with Gasteiger partial charge in [0.25, 0.3) is 0 Å². The molecule has 6 heteroatoms. The highest BCUT2D eigenvalue weighted by molar-refractivity contribution is 5.88. The van der Waals surface area contributed by atoms with Crippen LogP contribution >= 0.6 is 0 Å². The average molecular weight is 410 g/mol. The number of carbonyl (C=O) groups excluding carboxylic acids is 2. The molecule has 0 radical (unpaired) electrons. The average Bonchev–Trinajstić information content (AvgIpc) is 2.77. The van der Waals surface area contributed by atoms with E-state index in [0.29, 0.717) is 25.6 Å². The van der Waals surface area contributed by atoms with Crippen molar-refractivity contribution in [1.29, 1.82) is 0 Å². The summed E-state index contributed by atoms with van der Waals surface area (Å²) in [6.07, 6.45) is 2.05. The number of piperazine rings is 1. The van der Waals surface area contributed by atoms with Crippen LogP contribution in [0.25, 0.3) is 0 Å². The normalized spacial score (nSPS) is 20.8. The SMILES string of the molecule is O=C1NCCN(Cc2cccc(F)c2)[C@@H]1CC(=O)N1CCC(c2ccccc2)CC1. The van der Waals surface area contributed by atoms with E-state index in [2.05, 4.69) is 29.6 Å². The highest BCUT2D eigenvalue weighted by atomic mass is 19.1. The number of rotatable bonds is 5. The zero-order chi connectivity index (χ0) is 20.9. The molecule has 5 nitrogen and oxygen atoms in total. The summed E-state index contributed by atoms with van der Waals surface area (Å²) in [5.41, 5.74) is 2.14. The molecule has 0 saturated carbocycles. The zero-order valence-electron chi connectivity index (χ0n) is 17.1. The Labute approximate surface area is 176 Å². The van der Waals surface area contributed by atoms with Crippen LogP contribution in [0.1, 0.15) is 36.3 Å². The summed E-state index contributed by atoms with van der Waals surface area (Å²) in [6.45, 7) is 3.09. The predicted molar refractivity (Wildman–Crippen MR) is 113 cm³/mol. The third-order valence-corrected chi connectivity index (χ3v) is 6.20. The van der Waals surface area contributed by atoms with Gasteiger partial charge in [0.2, 0.25) is 11.8 Å². The van der Waals surface area contributed by atoms with Crippen molar-refractivity contribution in [3.8, 4) is 0 Å². The minimum Gasteiger partial charge on any atom is -0.353 e. The van der Waals surface area contributed by atoms with Crippen LogP contribution in [0.3, 0.4) is 0 Å². The number of hydrogen-bond donors (Lipinski definition) is 1. The van der Waals surface area contributed by atoms with E-state index in [1.807, 2.05) is 21.9 Å². The molecule has 1 atom stereocenters. The number of halogens is 1. The molecule has 1 N–H and O–H groups in total. The molecule has 30 heavy (non-hydrogen) atoms. The first kappa shape index (κ1) is 20.5. The summed E-state index contributed by atoms with van der Waals surface area (Å²) in [7, 11) is 0. The Morgan fingerprint density at radius 3 is 2.53 bits per heavy atom. The lowest BCUT2D eigenvalue weighted by atomic mass is 9.89. The highest BCUT2D eigenvalue weighted by Crippen LogP contribution is 2.28. The quantitative estimate of drug-likeness (QED) is 0.826. The van der Waals surface area contributed by atoms with Crippen LogP contribution in [-0.2, 0) is 16.1 Å². The molecular weight excluding hydrogens is 381 g/mol. The van der Waals surface area contributed by atoms with Crippen LogP contribution in [-0.4, -0.2) is 53.8 Å². The fourth-order valence-corrected chi connectivity index (χ4v) is 4.52. The lowest BCUT2D eigenvalue weighted by Crippen LogP contribution is -2.56. The van der Waals surface area contributed by atoms with Gasteiger partial charge >= 0.3 is 0 Å².